The highest BCUT2D eigenvalue weighted by Crippen LogP contribution is 2.25. The molecule has 2 unspecified atom stereocenters. The first-order chi connectivity index (χ1) is 7.56. The number of halogens is 2. The number of pyridine rings is 1. The average Bonchev–Trinajstić information content (AvgIpc) is 2.28. The zero-order chi connectivity index (χ0) is 12.1. The number of aromatic nitrogens is 1. The van der Waals surface area contributed by atoms with E-state index in [1.807, 2.05) is 0 Å². The van der Waals surface area contributed by atoms with Crippen LogP contribution in [0, 0.1) is 0 Å². The van der Waals surface area contributed by atoms with Crippen LogP contribution in [0.5, 0.6) is 0 Å². The lowest BCUT2D eigenvalue weighted by atomic mass is 10.0. The van der Waals surface area contributed by atoms with Crippen LogP contribution >= 0.6 is 23.2 Å². The largest absolute Gasteiger partial charge is 0.390 e. The molecular formula is C10H14Cl2N2O2. The van der Waals surface area contributed by atoms with Crippen LogP contribution in [0.15, 0.2) is 12.3 Å². The number of hydrogen-bond donors (Lipinski definition) is 3. The second-order valence-electron chi connectivity index (χ2n) is 3.45. The van der Waals surface area contributed by atoms with E-state index in [2.05, 4.69) is 10.3 Å². The van der Waals surface area contributed by atoms with Crippen molar-refractivity contribution in [3.63, 3.8) is 0 Å². The maximum absolute atomic E-state index is 9.81. The van der Waals surface area contributed by atoms with Crippen molar-refractivity contribution in [2.75, 3.05) is 13.6 Å². The molecule has 0 aliphatic rings. The molecule has 0 fully saturated rings. The van der Waals surface area contributed by atoms with E-state index >= 15 is 0 Å². The van der Waals surface area contributed by atoms with Gasteiger partial charge in [0.2, 0.25) is 0 Å². The summed E-state index contributed by atoms with van der Waals surface area (Å²) in [5.41, 5.74) is 0.456. The number of aliphatic hydroxyl groups is 2. The highest BCUT2D eigenvalue weighted by atomic mass is 35.5. The molecule has 4 nitrogen and oxygen atoms in total. The Morgan fingerprint density at radius 1 is 1.44 bits per heavy atom. The van der Waals surface area contributed by atoms with Crippen molar-refractivity contribution in [2.45, 2.75) is 18.6 Å². The molecule has 0 amide bonds. The van der Waals surface area contributed by atoms with Gasteiger partial charge in [0.15, 0.2) is 0 Å². The van der Waals surface area contributed by atoms with E-state index in [1.54, 1.807) is 7.05 Å². The van der Waals surface area contributed by atoms with Crippen molar-refractivity contribution in [3.05, 3.63) is 28.0 Å². The van der Waals surface area contributed by atoms with E-state index in [0.29, 0.717) is 18.5 Å². The number of nitrogens with one attached hydrogen (secondary N) is 1. The topological polar surface area (TPSA) is 65.4 Å². The Balaban J connectivity index is 2.71. The van der Waals surface area contributed by atoms with E-state index in [0.717, 1.165) is 0 Å². The van der Waals surface area contributed by atoms with Crippen molar-refractivity contribution >= 4 is 23.2 Å². The van der Waals surface area contributed by atoms with Gasteiger partial charge in [-0.05, 0) is 26.1 Å². The van der Waals surface area contributed by atoms with Crippen molar-refractivity contribution in [3.8, 4) is 0 Å². The molecule has 6 heteroatoms. The fourth-order valence-corrected chi connectivity index (χ4v) is 1.55. The summed E-state index contributed by atoms with van der Waals surface area (Å²) in [7, 11) is 1.78. The second kappa shape index (κ2) is 6.37. The Bertz CT molecular complexity index is 350. The molecule has 1 rings (SSSR count). The Morgan fingerprint density at radius 3 is 2.69 bits per heavy atom. The highest BCUT2D eigenvalue weighted by Gasteiger charge is 2.19. The normalized spacial score (nSPS) is 14.8. The summed E-state index contributed by atoms with van der Waals surface area (Å²) >= 11 is 11.4. The first kappa shape index (κ1) is 13.7. The first-order valence-electron chi connectivity index (χ1n) is 4.88. The molecule has 90 valence electrons. The summed E-state index contributed by atoms with van der Waals surface area (Å²) < 4.78 is 0. The third-order valence-electron chi connectivity index (χ3n) is 2.21. The lowest BCUT2D eigenvalue weighted by Crippen LogP contribution is -2.23. The molecule has 0 aromatic carbocycles. The molecule has 0 saturated carbocycles. The maximum Gasteiger partial charge on any atom is 0.147 e. The Hall–Kier alpha value is -0.390. The van der Waals surface area contributed by atoms with Crippen molar-refractivity contribution in [1.82, 2.24) is 10.3 Å². The molecule has 1 heterocycles. The lowest BCUT2D eigenvalue weighted by Gasteiger charge is -2.17. The van der Waals surface area contributed by atoms with E-state index in [9.17, 15) is 10.2 Å². The van der Waals surface area contributed by atoms with Gasteiger partial charge in [-0.15, -0.1) is 0 Å². The van der Waals surface area contributed by atoms with Gasteiger partial charge in [-0.2, -0.15) is 0 Å². The van der Waals surface area contributed by atoms with Crippen molar-refractivity contribution < 1.29 is 10.2 Å². The summed E-state index contributed by atoms with van der Waals surface area (Å²) in [4.78, 5) is 3.81. The number of aliphatic hydroxyl groups excluding tert-OH is 2. The van der Waals surface area contributed by atoms with Gasteiger partial charge in [0, 0.05) is 11.8 Å². The summed E-state index contributed by atoms with van der Waals surface area (Å²) in [5.74, 6) is 0. The van der Waals surface area contributed by atoms with Crippen molar-refractivity contribution in [1.29, 1.82) is 0 Å². The predicted octanol–water partition coefficient (Wildman–Crippen LogP) is 1.39. The van der Waals surface area contributed by atoms with Crippen LogP contribution in [0.3, 0.4) is 0 Å². The molecule has 0 bridgehead atoms. The van der Waals surface area contributed by atoms with Gasteiger partial charge in [0.05, 0.1) is 11.1 Å². The van der Waals surface area contributed by atoms with Gasteiger partial charge in [0.1, 0.15) is 11.3 Å². The predicted molar refractivity (Wildman–Crippen MR) is 63.8 cm³/mol. The van der Waals surface area contributed by atoms with Gasteiger partial charge < -0.3 is 15.5 Å². The molecule has 2 atom stereocenters. The molecule has 0 radical (unpaired) electrons. The summed E-state index contributed by atoms with van der Waals surface area (Å²) in [6.45, 7) is 0.618. The monoisotopic (exact) mass is 264 g/mol. The third-order valence-corrected chi connectivity index (χ3v) is 2.90. The van der Waals surface area contributed by atoms with Crippen LogP contribution in [0.1, 0.15) is 18.1 Å². The van der Waals surface area contributed by atoms with Crippen LogP contribution in [0.25, 0.3) is 0 Å². The molecule has 0 saturated heterocycles. The number of rotatable bonds is 5. The van der Waals surface area contributed by atoms with Crippen LogP contribution in [-0.4, -0.2) is 34.9 Å². The van der Waals surface area contributed by atoms with Crippen LogP contribution < -0.4 is 5.32 Å². The molecule has 0 aliphatic carbocycles. The van der Waals surface area contributed by atoms with Gasteiger partial charge in [-0.3, -0.25) is 0 Å². The zero-order valence-corrected chi connectivity index (χ0v) is 10.3. The van der Waals surface area contributed by atoms with Crippen LogP contribution in [0.2, 0.25) is 10.2 Å². The fourth-order valence-electron chi connectivity index (χ4n) is 1.27. The number of nitrogens with zero attached hydrogens (tertiary/aromatic N) is 1. The van der Waals surface area contributed by atoms with Gasteiger partial charge in [-0.25, -0.2) is 4.98 Å². The minimum absolute atomic E-state index is 0.183. The van der Waals surface area contributed by atoms with Crippen LogP contribution in [-0.2, 0) is 0 Å². The van der Waals surface area contributed by atoms with Gasteiger partial charge in [-0.1, -0.05) is 23.2 Å². The standard InChI is InChI=1S/C10H14Cl2N2O2/c1-13-3-2-8(15)9(16)6-4-7(11)10(12)14-5-6/h4-5,8-9,13,15-16H,2-3H2,1H3. The summed E-state index contributed by atoms with van der Waals surface area (Å²) in [6.07, 6.45) is -0.0125. The third kappa shape index (κ3) is 3.57. The molecule has 16 heavy (non-hydrogen) atoms. The van der Waals surface area contributed by atoms with E-state index in [1.165, 1.54) is 12.3 Å². The average molecular weight is 265 g/mol. The van der Waals surface area contributed by atoms with Gasteiger partial charge >= 0.3 is 0 Å². The SMILES string of the molecule is CNCCC(O)C(O)c1cnc(Cl)c(Cl)c1. The lowest BCUT2D eigenvalue weighted by molar-refractivity contribution is 0.0138. The highest BCUT2D eigenvalue weighted by molar-refractivity contribution is 6.41. The molecule has 0 aliphatic heterocycles. The minimum Gasteiger partial charge on any atom is -0.390 e. The van der Waals surface area contributed by atoms with Crippen molar-refractivity contribution in [2.24, 2.45) is 0 Å². The maximum atomic E-state index is 9.81. The second-order valence-corrected chi connectivity index (χ2v) is 4.21. The Kier molecular flexibility index (Phi) is 5.44. The molecule has 1 aromatic heterocycles. The molecular weight excluding hydrogens is 251 g/mol. The smallest absolute Gasteiger partial charge is 0.147 e. The summed E-state index contributed by atoms with van der Waals surface area (Å²) in [5, 5.41) is 22.8. The van der Waals surface area contributed by atoms with Crippen LogP contribution in [0.4, 0.5) is 0 Å². The van der Waals surface area contributed by atoms with E-state index in [-0.39, 0.29) is 10.2 Å². The minimum atomic E-state index is -1.00. The molecule has 0 spiro atoms. The molecule has 1 aromatic rings. The first-order valence-corrected chi connectivity index (χ1v) is 5.63. The fraction of sp³-hybridized carbons (Fsp3) is 0.500. The Morgan fingerprint density at radius 2 is 2.12 bits per heavy atom. The Labute approximate surface area is 104 Å². The summed E-state index contributed by atoms with van der Waals surface area (Å²) in [6, 6.07) is 1.50. The number of hydrogen-bond acceptors (Lipinski definition) is 4. The van der Waals surface area contributed by atoms with E-state index < -0.39 is 12.2 Å². The van der Waals surface area contributed by atoms with E-state index in [4.69, 9.17) is 23.2 Å². The van der Waals surface area contributed by atoms with Gasteiger partial charge in [0.25, 0.3) is 0 Å². The zero-order valence-electron chi connectivity index (χ0n) is 8.82. The quantitative estimate of drug-likeness (QED) is 0.704. The molecule has 3 N–H and O–H groups in total.